The topological polar surface area (TPSA) is 24.9 Å². The molecule has 82 valence electrons. The van der Waals surface area contributed by atoms with Crippen LogP contribution in [-0.4, -0.2) is 11.0 Å². The first-order valence-corrected chi connectivity index (χ1v) is 6.74. The molecule has 1 aromatic heterocycles. The number of aromatic nitrogens is 1. The molecule has 0 amide bonds. The summed E-state index contributed by atoms with van der Waals surface area (Å²) in [6.07, 6.45) is 5.74. The van der Waals surface area contributed by atoms with Gasteiger partial charge in [0.05, 0.1) is 5.69 Å². The number of hydrogen-bond donors (Lipinski definition) is 1. The van der Waals surface area contributed by atoms with Crippen molar-refractivity contribution in [2.45, 2.75) is 45.6 Å². The van der Waals surface area contributed by atoms with Crippen LogP contribution < -0.4 is 5.32 Å². The molecule has 2 nitrogen and oxygen atoms in total. The molecule has 0 aromatic carbocycles. The Kier molecular flexibility index (Phi) is 2.23. The van der Waals surface area contributed by atoms with E-state index in [9.17, 15) is 0 Å². The van der Waals surface area contributed by atoms with Crippen molar-refractivity contribution in [2.24, 2.45) is 11.8 Å². The normalized spacial score (nSPS) is 33.6. The van der Waals surface area contributed by atoms with Gasteiger partial charge in [-0.25, -0.2) is 4.98 Å². The highest BCUT2D eigenvalue weighted by atomic mass is 32.1. The summed E-state index contributed by atoms with van der Waals surface area (Å²) in [5, 5.41) is 4.78. The average molecular weight is 222 g/mol. The van der Waals surface area contributed by atoms with Crippen molar-refractivity contribution >= 4 is 16.5 Å². The summed E-state index contributed by atoms with van der Waals surface area (Å²) in [7, 11) is 0. The summed E-state index contributed by atoms with van der Waals surface area (Å²) in [4.78, 5) is 5.91. The maximum atomic E-state index is 4.56. The third kappa shape index (κ3) is 1.67. The Morgan fingerprint density at radius 2 is 2.13 bits per heavy atom. The van der Waals surface area contributed by atoms with Gasteiger partial charge in [-0.1, -0.05) is 6.42 Å². The third-order valence-corrected chi connectivity index (χ3v) is 5.08. The fourth-order valence-corrected chi connectivity index (χ4v) is 3.99. The largest absolute Gasteiger partial charge is 0.358 e. The first-order chi connectivity index (χ1) is 7.22. The average Bonchev–Trinajstić information content (AvgIpc) is 2.84. The van der Waals surface area contributed by atoms with Gasteiger partial charge in [-0.2, -0.15) is 0 Å². The van der Waals surface area contributed by atoms with E-state index in [0.29, 0.717) is 6.04 Å². The summed E-state index contributed by atoms with van der Waals surface area (Å²) in [5.41, 5.74) is 1.19. The maximum absolute atomic E-state index is 4.56. The second-order valence-electron chi connectivity index (χ2n) is 5.09. The van der Waals surface area contributed by atoms with Crippen LogP contribution >= 0.6 is 11.3 Å². The van der Waals surface area contributed by atoms with Crippen molar-refractivity contribution in [1.29, 1.82) is 0 Å². The van der Waals surface area contributed by atoms with Gasteiger partial charge in [0.1, 0.15) is 0 Å². The van der Waals surface area contributed by atoms with Crippen LogP contribution in [0.1, 0.15) is 36.3 Å². The van der Waals surface area contributed by atoms with E-state index in [1.807, 2.05) is 0 Å². The van der Waals surface area contributed by atoms with E-state index in [0.717, 1.165) is 17.0 Å². The van der Waals surface area contributed by atoms with Crippen molar-refractivity contribution in [2.75, 3.05) is 5.32 Å². The van der Waals surface area contributed by atoms with Gasteiger partial charge in [0.15, 0.2) is 5.13 Å². The van der Waals surface area contributed by atoms with E-state index in [-0.39, 0.29) is 0 Å². The molecule has 1 heterocycles. The van der Waals surface area contributed by atoms with Crippen molar-refractivity contribution in [3.8, 4) is 0 Å². The second-order valence-corrected chi connectivity index (χ2v) is 6.29. The van der Waals surface area contributed by atoms with E-state index in [2.05, 4.69) is 24.1 Å². The van der Waals surface area contributed by atoms with Crippen LogP contribution in [0, 0.1) is 25.7 Å². The van der Waals surface area contributed by atoms with Crippen LogP contribution in [0.15, 0.2) is 0 Å². The zero-order valence-corrected chi connectivity index (χ0v) is 10.2. The van der Waals surface area contributed by atoms with Crippen molar-refractivity contribution < 1.29 is 0 Å². The van der Waals surface area contributed by atoms with Crippen LogP contribution in [0.3, 0.4) is 0 Å². The molecule has 3 rings (SSSR count). The van der Waals surface area contributed by atoms with E-state index in [1.54, 1.807) is 11.3 Å². The Bertz CT molecular complexity index is 352. The molecule has 2 bridgehead atoms. The van der Waals surface area contributed by atoms with Gasteiger partial charge in [-0.3, -0.25) is 0 Å². The Morgan fingerprint density at radius 3 is 2.67 bits per heavy atom. The maximum Gasteiger partial charge on any atom is 0.183 e. The van der Waals surface area contributed by atoms with Crippen molar-refractivity contribution in [1.82, 2.24) is 4.98 Å². The number of hydrogen-bond acceptors (Lipinski definition) is 3. The summed E-state index contributed by atoms with van der Waals surface area (Å²) in [6, 6.07) is 0.716. The van der Waals surface area contributed by atoms with E-state index < -0.39 is 0 Å². The summed E-state index contributed by atoms with van der Waals surface area (Å²) in [5.74, 6) is 1.94. The first-order valence-electron chi connectivity index (χ1n) is 5.93. The molecule has 3 unspecified atom stereocenters. The number of thiazole rings is 1. The summed E-state index contributed by atoms with van der Waals surface area (Å²) in [6.45, 7) is 4.25. The Morgan fingerprint density at radius 1 is 1.27 bits per heavy atom. The van der Waals surface area contributed by atoms with E-state index >= 15 is 0 Å². The molecule has 1 aromatic rings. The lowest BCUT2D eigenvalue weighted by atomic mass is 9.96. The van der Waals surface area contributed by atoms with Gasteiger partial charge in [0.2, 0.25) is 0 Å². The number of aryl methyl sites for hydroxylation is 2. The second kappa shape index (κ2) is 3.48. The molecule has 3 heteroatoms. The predicted octanol–water partition coefficient (Wildman–Crippen LogP) is 3.36. The lowest BCUT2D eigenvalue weighted by Crippen LogP contribution is -2.25. The Labute approximate surface area is 95.1 Å². The fraction of sp³-hybridized carbons (Fsp3) is 0.750. The SMILES string of the molecule is Cc1nc(NC2CC3CCC2C3)sc1C. The number of fused-ring (bicyclic) bond motifs is 2. The van der Waals surface area contributed by atoms with E-state index in [4.69, 9.17) is 0 Å². The van der Waals surface area contributed by atoms with Crippen LogP contribution in [0.25, 0.3) is 0 Å². The molecule has 2 aliphatic rings. The van der Waals surface area contributed by atoms with Crippen LogP contribution in [0.4, 0.5) is 5.13 Å². The van der Waals surface area contributed by atoms with Gasteiger partial charge in [-0.15, -0.1) is 11.3 Å². The summed E-state index contributed by atoms with van der Waals surface area (Å²) >= 11 is 1.81. The molecule has 2 fully saturated rings. The smallest absolute Gasteiger partial charge is 0.183 e. The molecule has 15 heavy (non-hydrogen) atoms. The van der Waals surface area contributed by atoms with Crippen LogP contribution in [-0.2, 0) is 0 Å². The fourth-order valence-electron chi connectivity index (χ4n) is 3.11. The minimum absolute atomic E-state index is 0.716. The molecule has 2 aliphatic carbocycles. The monoisotopic (exact) mass is 222 g/mol. The number of rotatable bonds is 2. The van der Waals surface area contributed by atoms with Crippen LogP contribution in [0.2, 0.25) is 0 Å². The minimum atomic E-state index is 0.716. The number of nitrogens with zero attached hydrogens (tertiary/aromatic N) is 1. The highest BCUT2D eigenvalue weighted by Gasteiger charge is 2.39. The molecule has 0 aliphatic heterocycles. The standard InChI is InChI=1S/C12H18N2S/c1-7-8(2)15-12(13-7)14-11-6-9-3-4-10(11)5-9/h9-11H,3-6H2,1-2H3,(H,13,14). The lowest BCUT2D eigenvalue weighted by Gasteiger charge is -2.22. The van der Waals surface area contributed by atoms with Gasteiger partial charge in [0.25, 0.3) is 0 Å². The van der Waals surface area contributed by atoms with Gasteiger partial charge in [-0.05, 0) is 44.9 Å². The van der Waals surface area contributed by atoms with E-state index in [1.165, 1.54) is 36.3 Å². The minimum Gasteiger partial charge on any atom is -0.358 e. The highest BCUT2D eigenvalue weighted by Crippen LogP contribution is 2.45. The van der Waals surface area contributed by atoms with Gasteiger partial charge >= 0.3 is 0 Å². The van der Waals surface area contributed by atoms with Crippen molar-refractivity contribution in [3.63, 3.8) is 0 Å². The zero-order valence-electron chi connectivity index (χ0n) is 9.42. The molecular weight excluding hydrogens is 204 g/mol. The number of anilines is 1. The Hall–Kier alpha value is -0.570. The molecule has 3 atom stereocenters. The van der Waals surface area contributed by atoms with Gasteiger partial charge in [0, 0.05) is 10.9 Å². The molecule has 0 radical (unpaired) electrons. The third-order valence-electron chi connectivity index (χ3n) is 4.08. The molecule has 1 N–H and O–H groups in total. The zero-order chi connectivity index (χ0) is 10.4. The Balaban J connectivity index is 1.70. The highest BCUT2D eigenvalue weighted by molar-refractivity contribution is 7.15. The first kappa shape index (κ1) is 9.64. The van der Waals surface area contributed by atoms with Gasteiger partial charge < -0.3 is 5.32 Å². The van der Waals surface area contributed by atoms with Crippen LogP contribution in [0.5, 0.6) is 0 Å². The number of nitrogens with one attached hydrogen (secondary N) is 1. The molecule has 2 saturated carbocycles. The quantitative estimate of drug-likeness (QED) is 0.830. The predicted molar refractivity (Wildman–Crippen MR) is 64.4 cm³/mol. The van der Waals surface area contributed by atoms with Crippen molar-refractivity contribution in [3.05, 3.63) is 10.6 Å². The molecule has 0 saturated heterocycles. The molecule has 0 spiro atoms. The summed E-state index contributed by atoms with van der Waals surface area (Å²) < 4.78 is 0. The lowest BCUT2D eigenvalue weighted by molar-refractivity contribution is 0.439. The molecular formula is C12H18N2S.